The van der Waals surface area contributed by atoms with Gasteiger partial charge in [0, 0.05) is 11.8 Å². The molecule has 1 heterocycles. The average molecular weight is 285 g/mol. The summed E-state index contributed by atoms with van der Waals surface area (Å²) in [6, 6.07) is 9.39. The van der Waals surface area contributed by atoms with Crippen LogP contribution < -0.4 is 9.88 Å². The van der Waals surface area contributed by atoms with Crippen molar-refractivity contribution in [3.05, 3.63) is 53.9 Å². The lowest BCUT2D eigenvalue weighted by Crippen LogP contribution is -2.39. The van der Waals surface area contributed by atoms with Gasteiger partial charge >= 0.3 is 0 Å². The molecular formula is C17H21N2O2+. The molecule has 1 amide bonds. The molecule has 2 aromatic rings. The Balaban J connectivity index is 2.16. The quantitative estimate of drug-likeness (QED) is 0.829. The minimum Gasteiger partial charge on any atom is -0.503 e. The van der Waals surface area contributed by atoms with Crippen molar-refractivity contribution in [3.63, 3.8) is 0 Å². The Morgan fingerprint density at radius 3 is 2.38 bits per heavy atom. The Labute approximate surface area is 125 Å². The van der Waals surface area contributed by atoms with Crippen LogP contribution in [0.15, 0.2) is 42.7 Å². The van der Waals surface area contributed by atoms with Crippen molar-refractivity contribution >= 4 is 11.6 Å². The van der Waals surface area contributed by atoms with Crippen molar-refractivity contribution in [3.8, 4) is 5.75 Å². The first-order valence-corrected chi connectivity index (χ1v) is 7.22. The van der Waals surface area contributed by atoms with E-state index in [-0.39, 0.29) is 18.2 Å². The molecule has 0 unspecified atom stereocenters. The minimum absolute atomic E-state index is 0.0961. The Morgan fingerprint density at radius 2 is 1.81 bits per heavy atom. The highest BCUT2D eigenvalue weighted by atomic mass is 16.3. The number of aromatic nitrogens is 1. The van der Waals surface area contributed by atoms with Gasteiger partial charge in [-0.15, -0.1) is 0 Å². The van der Waals surface area contributed by atoms with Crippen LogP contribution in [0.1, 0.15) is 25.0 Å². The number of rotatable bonds is 5. The van der Waals surface area contributed by atoms with Gasteiger partial charge in [-0.1, -0.05) is 32.0 Å². The summed E-state index contributed by atoms with van der Waals surface area (Å²) in [7, 11) is 0. The summed E-state index contributed by atoms with van der Waals surface area (Å²) >= 11 is 0. The van der Waals surface area contributed by atoms with Crippen LogP contribution in [0.4, 0.5) is 5.69 Å². The van der Waals surface area contributed by atoms with Crippen LogP contribution in [0.2, 0.25) is 0 Å². The summed E-state index contributed by atoms with van der Waals surface area (Å²) in [6.07, 6.45) is 5.04. The maximum atomic E-state index is 12.2. The van der Waals surface area contributed by atoms with E-state index in [0.29, 0.717) is 0 Å². The number of hydrogen-bond acceptors (Lipinski definition) is 2. The van der Waals surface area contributed by atoms with Crippen LogP contribution in [0, 0.1) is 0 Å². The number of nitrogens with one attached hydrogen (secondary N) is 1. The zero-order chi connectivity index (χ0) is 15.2. The number of carbonyl (C=O) groups excluding carboxylic acids is 1. The normalized spacial score (nSPS) is 10.4. The van der Waals surface area contributed by atoms with Gasteiger partial charge in [-0.2, -0.15) is 4.57 Å². The molecule has 0 aliphatic rings. The SMILES string of the molecule is CCc1cccc(CC)c1NC(=O)C[n+]1cccc(O)c1. The van der Waals surface area contributed by atoms with Gasteiger partial charge in [-0.3, -0.25) is 4.79 Å². The van der Waals surface area contributed by atoms with E-state index in [1.54, 1.807) is 22.9 Å². The second-order valence-corrected chi connectivity index (χ2v) is 4.94. The first-order chi connectivity index (χ1) is 10.1. The van der Waals surface area contributed by atoms with Gasteiger partial charge in [0.1, 0.15) is 0 Å². The first-order valence-electron chi connectivity index (χ1n) is 7.22. The van der Waals surface area contributed by atoms with Gasteiger partial charge < -0.3 is 10.4 Å². The highest BCUT2D eigenvalue weighted by Gasteiger charge is 2.14. The van der Waals surface area contributed by atoms with E-state index < -0.39 is 0 Å². The fourth-order valence-electron chi connectivity index (χ4n) is 2.35. The van der Waals surface area contributed by atoms with Crippen molar-refractivity contribution in [1.82, 2.24) is 0 Å². The third-order valence-electron chi connectivity index (χ3n) is 3.43. The second kappa shape index (κ2) is 6.88. The number of anilines is 1. The smallest absolute Gasteiger partial charge is 0.290 e. The van der Waals surface area contributed by atoms with Crippen molar-refractivity contribution in [2.24, 2.45) is 0 Å². The van der Waals surface area contributed by atoms with Gasteiger partial charge in [-0.05, 0) is 30.0 Å². The zero-order valence-corrected chi connectivity index (χ0v) is 12.5. The van der Waals surface area contributed by atoms with Crippen LogP contribution in [-0.2, 0) is 24.2 Å². The third kappa shape index (κ3) is 3.81. The molecule has 4 heteroatoms. The van der Waals surface area contributed by atoms with Gasteiger partial charge in [0.15, 0.2) is 11.9 Å². The van der Waals surface area contributed by atoms with E-state index in [9.17, 15) is 9.90 Å². The number of aromatic hydroxyl groups is 1. The number of pyridine rings is 1. The second-order valence-electron chi connectivity index (χ2n) is 4.94. The fraction of sp³-hybridized carbons (Fsp3) is 0.294. The molecule has 0 atom stereocenters. The van der Waals surface area contributed by atoms with Crippen LogP contribution in [0.3, 0.4) is 0 Å². The summed E-state index contributed by atoms with van der Waals surface area (Å²) in [5.41, 5.74) is 3.21. The molecular weight excluding hydrogens is 264 g/mol. The molecule has 110 valence electrons. The van der Waals surface area contributed by atoms with E-state index in [1.807, 2.05) is 18.2 Å². The fourth-order valence-corrected chi connectivity index (χ4v) is 2.35. The van der Waals surface area contributed by atoms with Gasteiger partial charge in [-0.25, -0.2) is 0 Å². The number of amides is 1. The Morgan fingerprint density at radius 1 is 1.14 bits per heavy atom. The van der Waals surface area contributed by atoms with Gasteiger partial charge in [0.25, 0.3) is 5.91 Å². The molecule has 1 aromatic carbocycles. The maximum Gasteiger partial charge on any atom is 0.290 e. The number of aryl methyl sites for hydroxylation is 2. The largest absolute Gasteiger partial charge is 0.503 e. The Bertz CT molecular complexity index is 616. The summed E-state index contributed by atoms with van der Waals surface area (Å²) in [5, 5.41) is 12.4. The maximum absolute atomic E-state index is 12.2. The van der Waals surface area contributed by atoms with Crippen molar-refractivity contribution in [1.29, 1.82) is 0 Å². The third-order valence-corrected chi connectivity index (χ3v) is 3.43. The molecule has 0 saturated heterocycles. The molecule has 2 rings (SSSR count). The predicted molar refractivity (Wildman–Crippen MR) is 82.1 cm³/mol. The lowest BCUT2D eigenvalue weighted by molar-refractivity contribution is -0.684. The molecule has 0 aliphatic heterocycles. The number of benzene rings is 1. The topological polar surface area (TPSA) is 53.2 Å². The molecule has 1 aromatic heterocycles. The highest BCUT2D eigenvalue weighted by molar-refractivity contribution is 5.91. The molecule has 0 bridgehead atoms. The lowest BCUT2D eigenvalue weighted by Gasteiger charge is -2.13. The predicted octanol–water partition coefficient (Wildman–Crippen LogP) is 2.44. The number of carbonyl (C=O) groups is 1. The molecule has 0 aliphatic carbocycles. The molecule has 21 heavy (non-hydrogen) atoms. The zero-order valence-electron chi connectivity index (χ0n) is 12.5. The summed E-state index contributed by atoms with van der Waals surface area (Å²) < 4.78 is 1.66. The lowest BCUT2D eigenvalue weighted by atomic mass is 10.0. The van der Waals surface area contributed by atoms with Crippen LogP contribution >= 0.6 is 0 Å². The van der Waals surface area contributed by atoms with Crippen LogP contribution in [0.25, 0.3) is 0 Å². The molecule has 2 N–H and O–H groups in total. The van der Waals surface area contributed by atoms with E-state index in [0.717, 1.165) is 29.7 Å². The Hall–Kier alpha value is -2.36. The molecule has 0 saturated carbocycles. The Kier molecular flexibility index (Phi) is 4.93. The summed E-state index contributed by atoms with van der Waals surface area (Å²) in [4.78, 5) is 12.2. The molecule has 0 fully saturated rings. The van der Waals surface area contributed by atoms with E-state index >= 15 is 0 Å². The monoisotopic (exact) mass is 285 g/mol. The van der Waals surface area contributed by atoms with Crippen LogP contribution in [-0.4, -0.2) is 11.0 Å². The highest BCUT2D eigenvalue weighted by Crippen LogP contribution is 2.22. The van der Waals surface area contributed by atoms with E-state index in [1.165, 1.54) is 6.20 Å². The summed E-state index contributed by atoms with van der Waals surface area (Å²) in [6.45, 7) is 4.33. The van der Waals surface area contributed by atoms with Crippen molar-refractivity contribution in [2.45, 2.75) is 33.2 Å². The number of para-hydroxylation sites is 1. The summed E-state index contributed by atoms with van der Waals surface area (Å²) in [5.74, 6) is 0.0507. The van der Waals surface area contributed by atoms with Gasteiger partial charge in [0.2, 0.25) is 12.7 Å². The molecule has 4 nitrogen and oxygen atoms in total. The molecule has 0 radical (unpaired) electrons. The standard InChI is InChI=1S/C17H20N2O2/c1-3-13-7-5-8-14(4-2)17(13)18-16(21)12-19-10-6-9-15(20)11-19/h5-11H,3-4,12H2,1-2H3,(H-,18,20,21)/p+1. The van der Waals surface area contributed by atoms with Crippen molar-refractivity contribution in [2.75, 3.05) is 5.32 Å². The van der Waals surface area contributed by atoms with Crippen molar-refractivity contribution < 1.29 is 14.5 Å². The average Bonchev–Trinajstić information content (AvgIpc) is 2.47. The van der Waals surface area contributed by atoms with E-state index in [4.69, 9.17) is 0 Å². The van der Waals surface area contributed by atoms with Gasteiger partial charge in [0.05, 0.1) is 0 Å². The number of hydrogen-bond donors (Lipinski definition) is 2. The number of nitrogens with zero attached hydrogens (tertiary/aromatic N) is 1. The van der Waals surface area contributed by atoms with E-state index in [2.05, 4.69) is 19.2 Å². The van der Waals surface area contributed by atoms with Crippen LogP contribution in [0.5, 0.6) is 5.75 Å². The minimum atomic E-state index is -0.0961. The first kappa shape index (κ1) is 15.0. The molecule has 0 spiro atoms.